The predicted molar refractivity (Wildman–Crippen MR) is 91.0 cm³/mol. The summed E-state index contributed by atoms with van der Waals surface area (Å²) in [5, 5.41) is 9.02. The summed E-state index contributed by atoms with van der Waals surface area (Å²) in [5.74, 6) is 5.90. The molecule has 1 aromatic heterocycles. The maximum Gasteiger partial charge on any atom is 0.164 e. The Morgan fingerprint density at radius 2 is 1.43 bits per heavy atom. The van der Waals surface area contributed by atoms with Crippen molar-refractivity contribution in [1.29, 1.82) is 0 Å². The van der Waals surface area contributed by atoms with E-state index in [0.717, 1.165) is 35.3 Å². The Bertz CT molecular complexity index is 700. The van der Waals surface area contributed by atoms with E-state index in [-0.39, 0.29) is 0 Å². The third kappa shape index (κ3) is 2.09. The minimum Gasteiger partial charge on any atom is -0.308 e. The predicted octanol–water partition coefficient (Wildman–Crippen LogP) is 4.56. The van der Waals surface area contributed by atoms with Gasteiger partial charge in [0.2, 0.25) is 0 Å². The number of nitrogens with zero attached hydrogens (tertiary/aromatic N) is 3. The average molecular weight is 307 g/mol. The van der Waals surface area contributed by atoms with E-state index in [1.54, 1.807) is 0 Å². The molecule has 120 valence electrons. The molecule has 0 amide bonds. The van der Waals surface area contributed by atoms with E-state index in [4.69, 9.17) is 0 Å². The lowest BCUT2D eigenvalue weighted by Gasteiger charge is -2.55. The fourth-order valence-corrected chi connectivity index (χ4v) is 5.94. The molecule has 0 aliphatic heterocycles. The first-order valence-electron chi connectivity index (χ1n) is 9.17. The maximum absolute atomic E-state index is 4.56. The standard InChI is InChI=1S/C20H25N3/c1-12-3-5-16(6-4-12)20-22-21-13(2)23(20)19-17-8-14-7-15(10-17)11-18(19)9-14/h3-6,14-15,17-19H,7-11H2,1-2H3. The van der Waals surface area contributed by atoms with Gasteiger partial charge < -0.3 is 4.57 Å². The number of rotatable bonds is 2. The Hall–Kier alpha value is -1.64. The van der Waals surface area contributed by atoms with Gasteiger partial charge in [0, 0.05) is 11.6 Å². The monoisotopic (exact) mass is 307 g/mol. The molecular formula is C20H25N3. The second kappa shape index (κ2) is 4.93. The van der Waals surface area contributed by atoms with E-state index in [1.807, 2.05) is 0 Å². The molecule has 4 bridgehead atoms. The van der Waals surface area contributed by atoms with Crippen LogP contribution in [0.2, 0.25) is 0 Å². The van der Waals surface area contributed by atoms with Crippen LogP contribution < -0.4 is 0 Å². The lowest BCUT2D eigenvalue weighted by Crippen LogP contribution is -2.46. The molecule has 4 saturated carbocycles. The number of benzene rings is 1. The second-order valence-corrected chi connectivity index (χ2v) is 8.23. The summed E-state index contributed by atoms with van der Waals surface area (Å²) in [5.41, 5.74) is 2.51. The van der Waals surface area contributed by atoms with E-state index in [2.05, 4.69) is 52.9 Å². The molecule has 1 aromatic carbocycles. The Morgan fingerprint density at radius 1 is 0.826 bits per heavy atom. The largest absolute Gasteiger partial charge is 0.308 e. The van der Waals surface area contributed by atoms with Crippen LogP contribution in [0.1, 0.15) is 49.5 Å². The van der Waals surface area contributed by atoms with Crippen molar-refractivity contribution in [2.45, 2.75) is 52.0 Å². The molecule has 0 radical (unpaired) electrons. The van der Waals surface area contributed by atoms with Crippen LogP contribution in [0.4, 0.5) is 0 Å². The topological polar surface area (TPSA) is 30.7 Å². The van der Waals surface area contributed by atoms with Crippen LogP contribution in [0.5, 0.6) is 0 Å². The zero-order chi connectivity index (χ0) is 15.6. The van der Waals surface area contributed by atoms with Gasteiger partial charge in [-0.2, -0.15) is 0 Å². The normalized spacial score (nSPS) is 35.0. The Morgan fingerprint density at radius 3 is 2.04 bits per heavy atom. The molecular weight excluding hydrogens is 282 g/mol. The molecule has 3 nitrogen and oxygen atoms in total. The third-order valence-corrected chi connectivity index (χ3v) is 6.65. The van der Waals surface area contributed by atoms with Crippen LogP contribution in [0.3, 0.4) is 0 Å². The maximum atomic E-state index is 4.56. The Labute approximate surface area is 138 Å². The summed E-state index contributed by atoms with van der Waals surface area (Å²) < 4.78 is 2.50. The molecule has 6 rings (SSSR count). The number of aromatic nitrogens is 3. The molecule has 0 N–H and O–H groups in total. The molecule has 23 heavy (non-hydrogen) atoms. The minimum absolute atomic E-state index is 0.633. The third-order valence-electron chi connectivity index (χ3n) is 6.65. The molecule has 2 aromatic rings. The number of aryl methyl sites for hydroxylation is 2. The van der Waals surface area contributed by atoms with Crippen LogP contribution in [-0.2, 0) is 0 Å². The number of hydrogen-bond acceptors (Lipinski definition) is 2. The molecule has 3 heteroatoms. The van der Waals surface area contributed by atoms with Crippen molar-refractivity contribution in [3.05, 3.63) is 35.7 Å². The Kier molecular flexibility index (Phi) is 2.95. The van der Waals surface area contributed by atoms with Crippen molar-refractivity contribution in [2.24, 2.45) is 23.7 Å². The van der Waals surface area contributed by atoms with Gasteiger partial charge in [0.1, 0.15) is 5.82 Å². The molecule has 4 fully saturated rings. The first-order valence-corrected chi connectivity index (χ1v) is 9.17. The molecule has 0 saturated heterocycles. The highest BCUT2D eigenvalue weighted by molar-refractivity contribution is 5.56. The van der Waals surface area contributed by atoms with E-state index >= 15 is 0 Å². The first kappa shape index (κ1) is 13.8. The molecule has 0 spiro atoms. The first-order chi connectivity index (χ1) is 11.2. The summed E-state index contributed by atoms with van der Waals surface area (Å²) in [6, 6.07) is 9.40. The highest BCUT2D eigenvalue weighted by Crippen LogP contribution is 2.58. The zero-order valence-corrected chi connectivity index (χ0v) is 14.1. The van der Waals surface area contributed by atoms with Crippen LogP contribution in [0.15, 0.2) is 24.3 Å². The van der Waals surface area contributed by atoms with Crippen molar-refractivity contribution in [1.82, 2.24) is 14.8 Å². The Balaban J connectivity index is 1.58. The van der Waals surface area contributed by atoms with Crippen molar-refractivity contribution in [2.75, 3.05) is 0 Å². The molecule has 4 aliphatic rings. The lowest BCUT2D eigenvalue weighted by atomic mass is 9.54. The number of hydrogen-bond donors (Lipinski definition) is 0. The van der Waals surface area contributed by atoms with Gasteiger partial charge in [-0.25, -0.2) is 0 Å². The molecule has 4 aliphatic carbocycles. The van der Waals surface area contributed by atoms with E-state index < -0.39 is 0 Å². The van der Waals surface area contributed by atoms with Gasteiger partial charge in [-0.05, 0) is 69.6 Å². The van der Waals surface area contributed by atoms with Crippen LogP contribution >= 0.6 is 0 Å². The fraction of sp³-hybridized carbons (Fsp3) is 0.600. The van der Waals surface area contributed by atoms with Crippen molar-refractivity contribution in [3.8, 4) is 11.4 Å². The van der Waals surface area contributed by atoms with Crippen LogP contribution in [0, 0.1) is 37.5 Å². The summed E-state index contributed by atoms with van der Waals surface area (Å²) in [7, 11) is 0. The van der Waals surface area contributed by atoms with Crippen LogP contribution in [0.25, 0.3) is 11.4 Å². The van der Waals surface area contributed by atoms with Crippen molar-refractivity contribution in [3.63, 3.8) is 0 Å². The zero-order valence-electron chi connectivity index (χ0n) is 14.1. The van der Waals surface area contributed by atoms with Gasteiger partial charge in [-0.1, -0.05) is 29.8 Å². The minimum atomic E-state index is 0.633. The highest BCUT2D eigenvalue weighted by Gasteiger charge is 2.49. The lowest BCUT2D eigenvalue weighted by molar-refractivity contribution is -0.0293. The molecule has 0 atom stereocenters. The summed E-state index contributed by atoms with van der Waals surface area (Å²) in [6.07, 6.45) is 7.24. The van der Waals surface area contributed by atoms with Gasteiger partial charge in [0.05, 0.1) is 0 Å². The van der Waals surface area contributed by atoms with E-state index in [9.17, 15) is 0 Å². The summed E-state index contributed by atoms with van der Waals surface area (Å²) in [4.78, 5) is 0. The van der Waals surface area contributed by atoms with Crippen LogP contribution in [-0.4, -0.2) is 14.8 Å². The van der Waals surface area contributed by atoms with Gasteiger partial charge in [0.25, 0.3) is 0 Å². The van der Waals surface area contributed by atoms with Gasteiger partial charge in [0.15, 0.2) is 5.82 Å². The van der Waals surface area contributed by atoms with Gasteiger partial charge >= 0.3 is 0 Å². The quantitative estimate of drug-likeness (QED) is 0.814. The molecule has 0 unspecified atom stereocenters. The highest BCUT2D eigenvalue weighted by atomic mass is 15.3. The van der Waals surface area contributed by atoms with E-state index in [1.165, 1.54) is 43.2 Å². The van der Waals surface area contributed by atoms with Crippen molar-refractivity contribution < 1.29 is 0 Å². The smallest absolute Gasteiger partial charge is 0.164 e. The van der Waals surface area contributed by atoms with Gasteiger partial charge in [-0.15, -0.1) is 10.2 Å². The summed E-state index contributed by atoms with van der Waals surface area (Å²) >= 11 is 0. The van der Waals surface area contributed by atoms with Crippen molar-refractivity contribution >= 4 is 0 Å². The SMILES string of the molecule is Cc1ccc(-c2nnc(C)n2C2C3CC4CC(C3)CC2C4)cc1. The molecule has 1 heterocycles. The van der Waals surface area contributed by atoms with E-state index in [0.29, 0.717) is 6.04 Å². The van der Waals surface area contributed by atoms with Gasteiger partial charge in [-0.3, -0.25) is 0 Å². The second-order valence-electron chi connectivity index (χ2n) is 8.23. The summed E-state index contributed by atoms with van der Waals surface area (Å²) in [6.45, 7) is 4.27. The average Bonchev–Trinajstić information content (AvgIpc) is 2.89. The fourth-order valence-electron chi connectivity index (χ4n) is 5.94.